The fourth-order valence-corrected chi connectivity index (χ4v) is 2.97. The second-order valence-corrected chi connectivity index (χ2v) is 6.59. The molecule has 6 heteroatoms. The van der Waals surface area contributed by atoms with Crippen LogP contribution in [0.3, 0.4) is 0 Å². The van der Waals surface area contributed by atoms with E-state index < -0.39 is 17.6 Å². The van der Waals surface area contributed by atoms with Crippen molar-refractivity contribution in [2.75, 3.05) is 6.61 Å². The summed E-state index contributed by atoms with van der Waals surface area (Å²) in [5.74, 6) is -0.429. The number of benzene rings is 2. The first kappa shape index (κ1) is 22.7. The van der Waals surface area contributed by atoms with Crippen molar-refractivity contribution in [3.63, 3.8) is 0 Å². The smallest absolute Gasteiger partial charge is 0.392 e. The molecule has 0 saturated heterocycles. The number of aromatic nitrogens is 1. The first-order valence-corrected chi connectivity index (χ1v) is 9.57. The third kappa shape index (κ3) is 5.94. The molecule has 2 nitrogen and oxygen atoms in total. The molecule has 3 rings (SSSR count). The summed E-state index contributed by atoms with van der Waals surface area (Å²) in [5.41, 5.74) is 0.669. The topological polar surface area (TPSA) is 25.2 Å². The number of fused-ring (bicyclic) bond motifs is 1. The summed E-state index contributed by atoms with van der Waals surface area (Å²) in [6.07, 6.45) is 2.67. The van der Waals surface area contributed by atoms with Crippen molar-refractivity contribution in [2.24, 2.45) is 0 Å². The Balaban J connectivity index is 0.000000537. The maximum atomic E-state index is 13.4. The Labute approximate surface area is 168 Å². The van der Waals surface area contributed by atoms with Crippen LogP contribution in [0.15, 0.2) is 54.6 Å². The number of hydrogen-bond acceptors (Lipinski definition) is 1. The maximum absolute atomic E-state index is 13.4. The highest BCUT2D eigenvalue weighted by molar-refractivity contribution is 5.86. The van der Waals surface area contributed by atoms with Gasteiger partial charge < -0.3 is 9.67 Å². The molecule has 0 aliphatic carbocycles. The quantitative estimate of drug-likeness (QED) is 0.453. The summed E-state index contributed by atoms with van der Waals surface area (Å²) in [6, 6.07) is 10.7. The van der Waals surface area contributed by atoms with E-state index >= 15 is 0 Å². The van der Waals surface area contributed by atoms with Crippen LogP contribution in [0.2, 0.25) is 0 Å². The van der Waals surface area contributed by atoms with Gasteiger partial charge in [-0.1, -0.05) is 45.3 Å². The van der Waals surface area contributed by atoms with E-state index in [1.807, 2.05) is 0 Å². The zero-order valence-corrected chi connectivity index (χ0v) is 16.5. The highest BCUT2D eigenvalue weighted by atomic mass is 19.4. The minimum atomic E-state index is -4.45. The minimum Gasteiger partial charge on any atom is -0.392 e. The van der Waals surface area contributed by atoms with E-state index in [9.17, 15) is 17.6 Å². The van der Waals surface area contributed by atoms with Crippen molar-refractivity contribution in [3.05, 3.63) is 71.7 Å². The molecule has 0 fully saturated rings. The van der Waals surface area contributed by atoms with Gasteiger partial charge in [-0.3, -0.25) is 0 Å². The predicted molar refractivity (Wildman–Crippen MR) is 110 cm³/mol. The Hall–Kier alpha value is -2.60. The number of halogens is 4. The molecule has 0 atom stereocenters. The van der Waals surface area contributed by atoms with Crippen molar-refractivity contribution in [1.29, 1.82) is 0 Å². The lowest BCUT2D eigenvalue weighted by Crippen LogP contribution is -2.06. The molecule has 0 unspecified atom stereocenters. The maximum Gasteiger partial charge on any atom is 0.416 e. The van der Waals surface area contributed by atoms with Crippen LogP contribution in [-0.4, -0.2) is 16.3 Å². The van der Waals surface area contributed by atoms with Gasteiger partial charge in [-0.05, 0) is 48.5 Å². The number of unbranched alkanes of at least 4 members (excludes halogenated alkanes) is 2. The average Bonchev–Trinajstić information content (AvgIpc) is 3.04. The molecule has 156 valence electrons. The van der Waals surface area contributed by atoms with Crippen LogP contribution < -0.4 is 0 Å². The van der Waals surface area contributed by atoms with Crippen LogP contribution in [0.4, 0.5) is 17.6 Å². The molecular weight excluding hydrogens is 382 g/mol. The van der Waals surface area contributed by atoms with Gasteiger partial charge in [0.25, 0.3) is 0 Å². The SMILES string of the molecule is CCCCC.OC/C=C/c1cc2cc(F)ccc2n1-c1cccc(C(F)(F)F)c1. The molecule has 0 amide bonds. The van der Waals surface area contributed by atoms with E-state index in [-0.39, 0.29) is 6.61 Å². The molecule has 3 aromatic rings. The number of aliphatic hydroxyl groups is 1. The number of aliphatic hydroxyl groups excluding tert-OH is 1. The van der Waals surface area contributed by atoms with Crippen LogP contribution in [0.25, 0.3) is 22.7 Å². The molecule has 0 aliphatic rings. The number of nitrogens with zero attached hydrogens (tertiary/aromatic N) is 1. The molecule has 0 spiro atoms. The number of rotatable bonds is 5. The summed E-state index contributed by atoms with van der Waals surface area (Å²) >= 11 is 0. The van der Waals surface area contributed by atoms with Crippen molar-refractivity contribution in [1.82, 2.24) is 4.57 Å². The molecule has 0 saturated carbocycles. The Bertz CT molecular complexity index is 955. The third-order valence-corrected chi connectivity index (χ3v) is 4.32. The average molecular weight is 407 g/mol. The van der Waals surface area contributed by atoms with Crippen molar-refractivity contribution in [2.45, 2.75) is 39.3 Å². The predicted octanol–water partition coefficient (Wildman–Crippen LogP) is 6.99. The van der Waals surface area contributed by atoms with Crippen LogP contribution in [0.1, 0.15) is 44.4 Å². The standard InChI is InChI=1S/C18H13F4NO.C5H12/c19-14-6-7-17-12(9-14)10-15(5-2-8-24)23(17)16-4-1-3-13(11-16)18(20,21)22;1-3-5-4-2/h1-7,9-11,24H,8H2;3-5H2,1-2H3/b5-2+;. The first-order valence-electron chi connectivity index (χ1n) is 9.57. The van der Waals surface area contributed by atoms with Gasteiger partial charge in [-0.15, -0.1) is 0 Å². The molecule has 0 aliphatic heterocycles. The molecule has 0 radical (unpaired) electrons. The molecule has 29 heavy (non-hydrogen) atoms. The Kier molecular flexibility index (Phi) is 8.02. The highest BCUT2D eigenvalue weighted by Crippen LogP contribution is 2.32. The second kappa shape index (κ2) is 10.3. The lowest BCUT2D eigenvalue weighted by Gasteiger charge is -2.12. The molecule has 1 aromatic heterocycles. The van der Waals surface area contributed by atoms with Gasteiger partial charge >= 0.3 is 6.18 Å². The highest BCUT2D eigenvalue weighted by Gasteiger charge is 2.30. The number of hydrogen-bond donors (Lipinski definition) is 1. The van der Waals surface area contributed by atoms with Gasteiger partial charge in [0.1, 0.15) is 5.82 Å². The zero-order chi connectivity index (χ0) is 21.4. The summed E-state index contributed by atoms with van der Waals surface area (Å²) in [4.78, 5) is 0. The Morgan fingerprint density at radius 3 is 2.31 bits per heavy atom. The van der Waals surface area contributed by atoms with Crippen LogP contribution in [0, 0.1) is 5.82 Å². The van der Waals surface area contributed by atoms with E-state index in [0.717, 1.165) is 12.1 Å². The first-order chi connectivity index (χ1) is 13.8. The van der Waals surface area contributed by atoms with Gasteiger partial charge in [-0.25, -0.2) is 4.39 Å². The second-order valence-electron chi connectivity index (χ2n) is 6.59. The lowest BCUT2D eigenvalue weighted by atomic mass is 10.2. The van der Waals surface area contributed by atoms with Gasteiger partial charge in [0, 0.05) is 16.8 Å². The van der Waals surface area contributed by atoms with Gasteiger partial charge in [0.15, 0.2) is 0 Å². The molecule has 0 bridgehead atoms. The monoisotopic (exact) mass is 407 g/mol. The van der Waals surface area contributed by atoms with Crippen LogP contribution in [0.5, 0.6) is 0 Å². The van der Waals surface area contributed by atoms with E-state index in [1.165, 1.54) is 49.6 Å². The van der Waals surface area contributed by atoms with E-state index in [2.05, 4.69) is 13.8 Å². The fraction of sp³-hybridized carbons (Fsp3) is 0.304. The molecular formula is C23H25F4NO. The summed E-state index contributed by atoms with van der Waals surface area (Å²) in [5, 5.41) is 9.51. The van der Waals surface area contributed by atoms with E-state index in [4.69, 9.17) is 5.11 Å². The Morgan fingerprint density at radius 1 is 1.00 bits per heavy atom. The zero-order valence-electron chi connectivity index (χ0n) is 16.5. The molecule has 1 N–H and O–H groups in total. The van der Waals surface area contributed by atoms with Crippen molar-refractivity contribution >= 4 is 17.0 Å². The summed E-state index contributed by atoms with van der Waals surface area (Å²) < 4.78 is 54.0. The molecule has 2 aromatic carbocycles. The van der Waals surface area contributed by atoms with Crippen molar-refractivity contribution < 1.29 is 22.7 Å². The summed E-state index contributed by atoms with van der Waals surface area (Å²) in [6.45, 7) is 4.21. The van der Waals surface area contributed by atoms with E-state index in [1.54, 1.807) is 22.8 Å². The number of alkyl halides is 3. The lowest BCUT2D eigenvalue weighted by molar-refractivity contribution is -0.137. The fourth-order valence-electron chi connectivity index (χ4n) is 2.97. The normalized spacial score (nSPS) is 11.7. The van der Waals surface area contributed by atoms with E-state index in [0.29, 0.717) is 22.3 Å². The van der Waals surface area contributed by atoms with Crippen molar-refractivity contribution in [3.8, 4) is 5.69 Å². The largest absolute Gasteiger partial charge is 0.416 e. The van der Waals surface area contributed by atoms with Crippen LogP contribution in [-0.2, 0) is 6.18 Å². The molecule has 1 heterocycles. The summed E-state index contributed by atoms with van der Waals surface area (Å²) in [7, 11) is 0. The Morgan fingerprint density at radius 2 is 1.72 bits per heavy atom. The van der Waals surface area contributed by atoms with Gasteiger partial charge in [-0.2, -0.15) is 13.2 Å². The van der Waals surface area contributed by atoms with Crippen LogP contribution >= 0.6 is 0 Å². The van der Waals surface area contributed by atoms with Gasteiger partial charge in [0.05, 0.1) is 17.7 Å². The third-order valence-electron chi connectivity index (χ3n) is 4.32. The minimum absolute atomic E-state index is 0.210. The van der Waals surface area contributed by atoms with Gasteiger partial charge in [0.2, 0.25) is 0 Å².